The second-order valence-electron chi connectivity index (χ2n) is 6.70. The lowest BCUT2D eigenvalue weighted by molar-refractivity contribution is 0.373. The number of methoxy groups -OCH3 is 1. The Kier molecular flexibility index (Phi) is 3.76. The molecule has 0 aliphatic heterocycles. The Morgan fingerprint density at radius 2 is 1.68 bits per heavy atom. The highest BCUT2D eigenvalue weighted by Crippen LogP contribution is 2.34. The van der Waals surface area contributed by atoms with E-state index in [1.807, 2.05) is 36.7 Å². The molecule has 0 radical (unpaired) electrons. The molecule has 0 spiro atoms. The van der Waals surface area contributed by atoms with E-state index < -0.39 is 0 Å². The minimum absolute atomic E-state index is 0.140. The number of fused-ring (bicyclic) bond motifs is 2. The number of imidazole rings is 1. The third-order valence-corrected chi connectivity index (χ3v) is 5.08. The van der Waals surface area contributed by atoms with Crippen LogP contribution in [0, 0.1) is 0 Å². The maximum atomic E-state index is 9.85. The average Bonchev–Trinajstić information content (AvgIpc) is 3.17. The number of rotatable bonds is 3. The maximum absolute atomic E-state index is 9.85. The van der Waals surface area contributed by atoms with Crippen LogP contribution in [-0.4, -0.2) is 21.8 Å². The fourth-order valence-electron chi connectivity index (χ4n) is 3.66. The smallest absolute Gasteiger partial charge is 0.161 e. The van der Waals surface area contributed by atoms with Gasteiger partial charge in [-0.3, -0.25) is 4.57 Å². The van der Waals surface area contributed by atoms with E-state index in [0.29, 0.717) is 5.75 Å². The molecular weight excluding hydrogens is 348 g/mol. The van der Waals surface area contributed by atoms with Crippen LogP contribution in [0.2, 0.25) is 0 Å². The lowest BCUT2D eigenvalue weighted by Crippen LogP contribution is -1.93. The molecule has 5 rings (SSSR count). The molecule has 1 heterocycles. The number of ether oxygens (including phenoxy) is 1. The first-order valence-electron chi connectivity index (χ1n) is 9.07. The van der Waals surface area contributed by atoms with Crippen LogP contribution in [0.1, 0.15) is 0 Å². The van der Waals surface area contributed by atoms with Crippen molar-refractivity contribution in [3.8, 4) is 28.3 Å². The summed E-state index contributed by atoms with van der Waals surface area (Å²) in [6, 6.07) is 26.2. The van der Waals surface area contributed by atoms with Gasteiger partial charge >= 0.3 is 0 Å². The summed E-state index contributed by atoms with van der Waals surface area (Å²) in [4.78, 5) is 4.52. The number of nitrogens with zero attached hydrogens (tertiary/aromatic N) is 2. The van der Waals surface area contributed by atoms with Crippen LogP contribution in [0.3, 0.4) is 0 Å². The minimum atomic E-state index is 0.140. The van der Waals surface area contributed by atoms with Crippen molar-refractivity contribution in [2.75, 3.05) is 7.11 Å². The molecule has 1 aromatic heterocycles. The summed E-state index contributed by atoms with van der Waals surface area (Å²) in [6.07, 6.45) is 1.87. The average molecular weight is 366 g/mol. The quantitative estimate of drug-likeness (QED) is 0.455. The number of aromatic hydroxyl groups is 1. The van der Waals surface area contributed by atoms with Crippen LogP contribution < -0.4 is 4.74 Å². The Balaban J connectivity index is 1.67. The monoisotopic (exact) mass is 366 g/mol. The summed E-state index contributed by atoms with van der Waals surface area (Å²) in [5.74, 6) is 0.609. The number of para-hydroxylation sites is 2. The molecule has 28 heavy (non-hydrogen) atoms. The molecule has 0 atom stereocenters. The zero-order valence-electron chi connectivity index (χ0n) is 15.3. The predicted molar refractivity (Wildman–Crippen MR) is 112 cm³/mol. The van der Waals surface area contributed by atoms with Gasteiger partial charge in [0.15, 0.2) is 11.5 Å². The summed E-state index contributed by atoms with van der Waals surface area (Å²) in [5, 5.41) is 12.1. The van der Waals surface area contributed by atoms with Crippen molar-refractivity contribution in [2.45, 2.75) is 0 Å². The number of hydrogen-bond acceptors (Lipinski definition) is 3. The summed E-state index contributed by atoms with van der Waals surface area (Å²) in [7, 11) is 1.56. The summed E-state index contributed by atoms with van der Waals surface area (Å²) in [5.41, 5.74) is 5.23. The summed E-state index contributed by atoms with van der Waals surface area (Å²) in [6.45, 7) is 0. The SMILES string of the molecule is COc1cc(-c2ccc3c(-n4cnc5ccccc54)cccc3c2)ccc1O. The zero-order chi connectivity index (χ0) is 19.1. The van der Waals surface area contributed by atoms with Gasteiger partial charge < -0.3 is 9.84 Å². The summed E-state index contributed by atoms with van der Waals surface area (Å²) < 4.78 is 7.37. The first-order chi connectivity index (χ1) is 13.7. The van der Waals surface area contributed by atoms with Gasteiger partial charge in [0.05, 0.1) is 23.8 Å². The van der Waals surface area contributed by atoms with Crippen molar-refractivity contribution in [1.82, 2.24) is 9.55 Å². The topological polar surface area (TPSA) is 47.3 Å². The second-order valence-corrected chi connectivity index (χ2v) is 6.70. The third-order valence-electron chi connectivity index (χ3n) is 5.08. The number of benzene rings is 4. The maximum Gasteiger partial charge on any atom is 0.161 e. The summed E-state index contributed by atoms with van der Waals surface area (Å²) >= 11 is 0. The van der Waals surface area contributed by atoms with Crippen LogP contribution in [0.4, 0.5) is 0 Å². The van der Waals surface area contributed by atoms with Crippen molar-refractivity contribution < 1.29 is 9.84 Å². The number of phenols is 1. The van der Waals surface area contributed by atoms with E-state index in [-0.39, 0.29) is 5.75 Å². The highest BCUT2D eigenvalue weighted by molar-refractivity contribution is 5.95. The first kappa shape index (κ1) is 16.4. The van der Waals surface area contributed by atoms with Crippen molar-refractivity contribution in [3.63, 3.8) is 0 Å². The predicted octanol–water partition coefficient (Wildman–Crippen LogP) is 5.56. The Bertz CT molecular complexity index is 1320. The van der Waals surface area contributed by atoms with E-state index >= 15 is 0 Å². The molecule has 4 nitrogen and oxygen atoms in total. The molecule has 0 saturated heterocycles. The molecule has 4 heteroatoms. The molecule has 0 fully saturated rings. The van der Waals surface area contributed by atoms with Gasteiger partial charge in [0.25, 0.3) is 0 Å². The molecule has 0 amide bonds. The molecule has 0 aliphatic rings. The third kappa shape index (κ3) is 2.58. The molecule has 5 aromatic rings. The zero-order valence-corrected chi connectivity index (χ0v) is 15.3. The molecule has 0 unspecified atom stereocenters. The van der Waals surface area contributed by atoms with Crippen molar-refractivity contribution >= 4 is 21.8 Å². The Hall–Kier alpha value is -3.79. The van der Waals surface area contributed by atoms with Gasteiger partial charge in [-0.1, -0.05) is 42.5 Å². The first-order valence-corrected chi connectivity index (χ1v) is 9.07. The molecule has 0 saturated carbocycles. The largest absolute Gasteiger partial charge is 0.504 e. The van der Waals surface area contributed by atoms with E-state index in [1.165, 1.54) is 0 Å². The van der Waals surface area contributed by atoms with E-state index in [0.717, 1.165) is 38.6 Å². The highest BCUT2D eigenvalue weighted by Gasteiger charge is 2.10. The van der Waals surface area contributed by atoms with Crippen LogP contribution in [0.5, 0.6) is 11.5 Å². The van der Waals surface area contributed by atoms with Crippen LogP contribution in [0.25, 0.3) is 38.6 Å². The van der Waals surface area contributed by atoms with E-state index in [4.69, 9.17) is 4.74 Å². The fourth-order valence-corrected chi connectivity index (χ4v) is 3.66. The Morgan fingerprint density at radius 1 is 0.857 bits per heavy atom. The normalized spacial score (nSPS) is 11.2. The van der Waals surface area contributed by atoms with Gasteiger partial charge in [0, 0.05) is 5.39 Å². The lowest BCUT2D eigenvalue weighted by Gasteiger charge is -2.11. The van der Waals surface area contributed by atoms with Gasteiger partial charge in [-0.25, -0.2) is 4.98 Å². The van der Waals surface area contributed by atoms with Gasteiger partial charge in [0.2, 0.25) is 0 Å². The van der Waals surface area contributed by atoms with Gasteiger partial charge in [-0.2, -0.15) is 0 Å². The number of hydrogen-bond donors (Lipinski definition) is 1. The minimum Gasteiger partial charge on any atom is -0.504 e. The van der Waals surface area contributed by atoms with E-state index in [1.54, 1.807) is 13.2 Å². The van der Waals surface area contributed by atoms with E-state index in [9.17, 15) is 5.11 Å². The molecule has 136 valence electrons. The standard InChI is InChI=1S/C24H18N2O2/c1-28-24-14-17(10-12-23(24)27)16-9-11-19-18(13-16)5-4-8-21(19)26-15-25-20-6-2-3-7-22(20)26/h2-15,27H,1H3. The molecule has 0 aliphatic carbocycles. The van der Waals surface area contributed by atoms with Gasteiger partial charge in [-0.15, -0.1) is 0 Å². The van der Waals surface area contributed by atoms with Crippen LogP contribution in [-0.2, 0) is 0 Å². The molecule has 1 N–H and O–H groups in total. The van der Waals surface area contributed by atoms with Crippen LogP contribution >= 0.6 is 0 Å². The molecular formula is C24H18N2O2. The fraction of sp³-hybridized carbons (Fsp3) is 0.0417. The Morgan fingerprint density at radius 3 is 2.57 bits per heavy atom. The number of aromatic nitrogens is 2. The Labute approximate surface area is 162 Å². The molecule has 0 bridgehead atoms. The second kappa shape index (κ2) is 6.43. The molecule has 4 aromatic carbocycles. The highest BCUT2D eigenvalue weighted by atomic mass is 16.5. The number of phenolic OH excluding ortho intramolecular Hbond substituents is 1. The lowest BCUT2D eigenvalue weighted by atomic mass is 10.00. The van der Waals surface area contributed by atoms with Gasteiger partial charge in [-0.05, 0) is 52.9 Å². The van der Waals surface area contributed by atoms with Crippen molar-refractivity contribution in [1.29, 1.82) is 0 Å². The van der Waals surface area contributed by atoms with Crippen molar-refractivity contribution in [2.24, 2.45) is 0 Å². The van der Waals surface area contributed by atoms with Crippen molar-refractivity contribution in [3.05, 3.63) is 85.2 Å². The van der Waals surface area contributed by atoms with Gasteiger partial charge in [0.1, 0.15) is 6.33 Å². The van der Waals surface area contributed by atoms with Crippen LogP contribution in [0.15, 0.2) is 85.2 Å². The van der Waals surface area contributed by atoms with E-state index in [2.05, 4.69) is 52.0 Å².